The monoisotopic (exact) mass is 293 g/mol. The fraction of sp³-hybridized carbons (Fsp3) is 0.429. The van der Waals surface area contributed by atoms with Crippen LogP contribution in [0.2, 0.25) is 5.02 Å². The zero-order valence-electron chi connectivity index (χ0n) is 11.5. The predicted molar refractivity (Wildman–Crippen MR) is 78.7 cm³/mol. The fourth-order valence-electron chi connectivity index (χ4n) is 2.50. The van der Waals surface area contributed by atoms with Gasteiger partial charge in [-0.2, -0.15) is 0 Å². The number of aromatic nitrogens is 2. The lowest BCUT2D eigenvalue weighted by Crippen LogP contribution is -2.32. The number of hydrogen-bond donors (Lipinski definition) is 0. The van der Waals surface area contributed by atoms with Crippen LogP contribution in [0.25, 0.3) is 10.9 Å². The highest BCUT2D eigenvalue weighted by molar-refractivity contribution is 6.36. The molecule has 1 aromatic heterocycles. The topological polar surface area (TPSA) is 47.5 Å². The molecule has 1 saturated heterocycles. The largest absolute Gasteiger partial charge is 0.495 e. The minimum Gasteiger partial charge on any atom is -0.495 e. The van der Waals surface area contributed by atoms with Gasteiger partial charge >= 0.3 is 0 Å². The molecule has 1 atom stereocenters. The van der Waals surface area contributed by atoms with Crippen molar-refractivity contribution >= 4 is 28.3 Å². The molecule has 2 heterocycles. The Morgan fingerprint density at radius 3 is 2.95 bits per heavy atom. The minimum absolute atomic E-state index is 0.342. The average Bonchev–Trinajstić information content (AvgIpc) is 3.01. The molecule has 6 heteroatoms. The molecule has 0 bridgehead atoms. The Kier molecular flexibility index (Phi) is 3.63. The summed E-state index contributed by atoms with van der Waals surface area (Å²) in [5.41, 5.74) is 0.710. The number of anilines is 1. The van der Waals surface area contributed by atoms with Gasteiger partial charge in [-0.15, -0.1) is 0 Å². The number of fused-ring (bicyclic) bond motifs is 1. The maximum Gasteiger partial charge on any atom is 0.140 e. The van der Waals surface area contributed by atoms with Crippen LogP contribution in [0.15, 0.2) is 18.5 Å². The summed E-state index contributed by atoms with van der Waals surface area (Å²) in [5.74, 6) is 1.49. The second-order valence-electron chi connectivity index (χ2n) is 4.80. The van der Waals surface area contributed by atoms with Crippen molar-refractivity contribution in [2.75, 3.05) is 32.3 Å². The van der Waals surface area contributed by atoms with Gasteiger partial charge in [0.15, 0.2) is 0 Å². The first-order valence-electron chi connectivity index (χ1n) is 6.50. The molecule has 1 fully saturated rings. The van der Waals surface area contributed by atoms with Crippen molar-refractivity contribution in [1.29, 1.82) is 0 Å². The Balaban J connectivity index is 2.09. The summed E-state index contributed by atoms with van der Waals surface area (Å²) in [5, 5.41) is 1.44. The Labute approximate surface area is 122 Å². The fourth-order valence-corrected chi connectivity index (χ4v) is 2.79. The molecule has 0 amide bonds. The molecule has 5 nitrogen and oxygen atoms in total. The molecule has 2 aromatic rings. The lowest BCUT2D eigenvalue weighted by molar-refractivity contribution is 0.193. The molecular weight excluding hydrogens is 278 g/mol. The standard InChI is InChI=1S/C14H16ClN3O2/c1-18(9-5-6-20-7-9)14-10-3-4-11(19-2)12(15)13(10)16-8-17-14/h3-4,8-9H,5-7H2,1-2H3. The normalized spacial score (nSPS) is 18.4. The third-order valence-electron chi connectivity index (χ3n) is 3.70. The maximum absolute atomic E-state index is 6.32. The molecule has 3 rings (SSSR count). The Bertz CT molecular complexity index is 629. The Hall–Kier alpha value is -1.59. The van der Waals surface area contributed by atoms with Crippen molar-refractivity contribution in [3.05, 3.63) is 23.5 Å². The van der Waals surface area contributed by atoms with Gasteiger partial charge in [-0.25, -0.2) is 9.97 Å². The molecule has 0 saturated carbocycles. The SMILES string of the molecule is COc1ccc2c(N(C)C3CCOC3)ncnc2c1Cl. The highest BCUT2D eigenvalue weighted by Crippen LogP contribution is 2.35. The molecule has 20 heavy (non-hydrogen) atoms. The minimum atomic E-state index is 0.342. The smallest absolute Gasteiger partial charge is 0.140 e. The van der Waals surface area contributed by atoms with Crippen LogP contribution < -0.4 is 9.64 Å². The van der Waals surface area contributed by atoms with E-state index in [1.54, 1.807) is 7.11 Å². The quantitative estimate of drug-likeness (QED) is 0.870. The van der Waals surface area contributed by atoms with Gasteiger partial charge in [0.1, 0.15) is 22.9 Å². The number of hydrogen-bond acceptors (Lipinski definition) is 5. The van der Waals surface area contributed by atoms with E-state index in [1.807, 2.05) is 19.2 Å². The van der Waals surface area contributed by atoms with Crippen molar-refractivity contribution in [2.45, 2.75) is 12.5 Å². The molecule has 0 spiro atoms. The van der Waals surface area contributed by atoms with Crippen LogP contribution >= 0.6 is 11.6 Å². The van der Waals surface area contributed by atoms with Crippen LogP contribution in [0.5, 0.6) is 5.75 Å². The average molecular weight is 294 g/mol. The van der Waals surface area contributed by atoms with Crippen molar-refractivity contribution < 1.29 is 9.47 Å². The Morgan fingerprint density at radius 2 is 2.25 bits per heavy atom. The van der Waals surface area contributed by atoms with E-state index in [-0.39, 0.29) is 0 Å². The molecule has 1 aromatic carbocycles. The van der Waals surface area contributed by atoms with E-state index in [9.17, 15) is 0 Å². The number of ether oxygens (including phenoxy) is 2. The number of benzene rings is 1. The zero-order chi connectivity index (χ0) is 14.1. The highest BCUT2D eigenvalue weighted by atomic mass is 35.5. The van der Waals surface area contributed by atoms with Crippen LogP contribution in [0.1, 0.15) is 6.42 Å². The maximum atomic E-state index is 6.32. The van der Waals surface area contributed by atoms with Crippen LogP contribution in [0, 0.1) is 0 Å². The van der Waals surface area contributed by atoms with Crippen molar-refractivity contribution in [2.24, 2.45) is 0 Å². The second-order valence-corrected chi connectivity index (χ2v) is 5.18. The van der Waals surface area contributed by atoms with Gasteiger partial charge in [0.05, 0.1) is 25.3 Å². The summed E-state index contributed by atoms with van der Waals surface area (Å²) >= 11 is 6.32. The predicted octanol–water partition coefficient (Wildman–Crippen LogP) is 2.52. The van der Waals surface area contributed by atoms with Crippen molar-refractivity contribution in [3.63, 3.8) is 0 Å². The number of rotatable bonds is 3. The van der Waals surface area contributed by atoms with E-state index < -0.39 is 0 Å². The van der Waals surface area contributed by atoms with Gasteiger partial charge in [0.25, 0.3) is 0 Å². The van der Waals surface area contributed by atoms with E-state index in [0.717, 1.165) is 30.8 Å². The van der Waals surface area contributed by atoms with Gasteiger partial charge in [0, 0.05) is 19.0 Å². The summed E-state index contributed by atoms with van der Waals surface area (Å²) in [6, 6.07) is 4.13. The second kappa shape index (κ2) is 5.42. The first-order chi connectivity index (χ1) is 9.72. The van der Waals surface area contributed by atoms with Crippen LogP contribution in [0.3, 0.4) is 0 Å². The molecule has 1 aliphatic rings. The van der Waals surface area contributed by atoms with E-state index in [2.05, 4.69) is 14.9 Å². The number of methoxy groups -OCH3 is 1. The molecule has 0 aliphatic carbocycles. The highest BCUT2D eigenvalue weighted by Gasteiger charge is 2.23. The molecule has 1 aliphatic heterocycles. The van der Waals surface area contributed by atoms with Gasteiger partial charge in [-0.1, -0.05) is 11.6 Å². The lowest BCUT2D eigenvalue weighted by atomic mass is 10.1. The lowest BCUT2D eigenvalue weighted by Gasteiger charge is -2.25. The summed E-state index contributed by atoms with van der Waals surface area (Å²) in [7, 11) is 3.62. The number of likely N-dealkylation sites (N-methyl/N-ethyl adjacent to an activating group) is 1. The summed E-state index contributed by atoms with van der Waals surface area (Å²) < 4.78 is 10.7. The summed E-state index contributed by atoms with van der Waals surface area (Å²) in [6.45, 7) is 1.53. The van der Waals surface area contributed by atoms with Crippen LogP contribution in [-0.2, 0) is 4.74 Å². The van der Waals surface area contributed by atoms with E-state index >= 15 is 0 Å². The third kappa shape index (κ3) is 2.17. The van der Waals surface area contributed by atoms with Crippen LogP contribution in [-0.4, -0.2) is 43.4 Å². The summed E-state index contributed by atoms with van der Waals surface area (Å²) in [6.07, 6.45) is 2.54. The Morgan fingerprint density at radius 1 is 1.40 bits per heavy atom. The van der Waals surface area contributed by atoms with E-state index in [4.69, 9.17) is 21.1 Å². The summed E-state index contributed by atoms with van der Waals surface area (Å²) in [4.78, 5) is 10.8. The van der Waals surface area contributed by atoms with Crippen molar-refractivity contribution in [1.82, 2.24) is 9.97 Å². The zero-order valence-corrected chi connectivity index (χ0v) is 12.2. The van der Waals surface area contributed by atoms with Gasteiger partial charge < -0.3 is 14.4 Å². The van der Waals surface area contributed by atoms with Gasteiger partial charge in [0.2, 0.25) is 0 Å². The molecule has 106 valence electrons. The molecule has 1 unspecified atom stereocenters. The number of nitrogens with zero attached hydrogens (tertiary/aromatic N) is 3. The van der Waals surface area contributed by atoms with Crippen LogP contribution in [0.4, 0.5) is 5.82 Å². The third-order valence-corrected chi connectivity index (χ3v) is 4.06. The van der Waals surface area contributed by atoms with Gasteiger partial charge in [-0.3, -0.25) is 0 Å². The molecule has 0 radical (unpaired) electrons. The first kappa shape index (κ1) is 13.4. The molecule has 0 N–H and O–H groups in total. The van der Waals surface area contributed by atoms with E-state index in [0.29, 0.717) is 22.3 Å². The number of halogens is 1. The molecular formula is C14H16ClN3O2. The van der Waals surface area contributed by atoms with Crippen molar-refractivity contribution in [3.8, 4) is 5.75 Å². The van der Waals surface area contributed by atoms with Gasteiger partial charge in [-0.05, 0) is 18.6 Å². The van der Waals surface area contributed by atoms with E-state index in [1.165, 1.54) is 6.33 Å². The first-order valence-corrected chi connectivity index (χ1v) is 6.88.